The summed E-state index contributed by atoms with van der Waals surface area (Å²) in [6.07, 6.45) is 4.08. The molecule has 1 N–H and O–H groups in total. The van der Waals surface area contributed by atoms with Crippen LogP contribution in [0.2, 0.25) is 0 Å². The largest absolute Gasteiger partial charge is 0.378 e. The van der Waals surface area contributed by atoms with Gasteiger partial charge < -0.3 is 14.8 Å². The van der Waals surface area contributed by atoms with E-state index >= 15 is 0 Å². The zero-order chi connectivity index (χ0) is 20.8. The minimum Gasteiger partial charge on any atom is -0.378 e. The summed E-state index contributed by atoms with van der Waals surface area (Å²) in [5.41, 5.74) is 3.90. The van der Waals surface area contributed by atoms with Gasteiger partial charge in [0.15, 0.2) is 5.69 Å². The Morgan fingerprint density at radius 3 is 2.87 bits per heavy atom. The Morgan fingerprint density at radius 1 is 1.27 bits per heavy atom. The Kier molecular flexibility index (Phi) is 7.15. The van der Waals surface area contributed by atoms with Crippen LogP contribution in [0.25, 0.3) is 0 Å². The number of benzene rings is 1. The quantitative estimate of drug-likeness (QED) is 0.674. The second-order valence-electron chi connectivity index (χ2n) is 8.14. The summed E-state index contributed by atoms with van der Waals surface area (Å²) in [6.45, 7) is 5.59. The van der Waals surface area contributed by atoms with E-state index in [9.17, 15) is 4.79 Å². The van der Waals surface area contributed by atoms with Gasteiger partial charge in [0.2, 0.25) is 0 Å². The van der Waals surface area contributed by atoms with E-state index < -0.39 is 0 Å². The fourth-order valence-electron chi connectivity index (χ4n) is 4.28. The predicted octanol–water partition coefficient (Wildman–Crippen LogP) is 2.29. The van der Waals surface area contributed by atoms with Gasteiger partial charge in [0, 0.05) is 57.5 Å². The lowest BCUT2D eigenvalue weighted by Crippen LogP contribution is -2.37. The SMILES string of the molecule is Cn1nc(C(=O)NCCCOC2CCN(Cc3ccccc3)CC2)c2c1CCOC2. The molecule has 1 aromatic heterocycles. The van der Waals surface area contributed by atoms with E-state index in [1.54, 1.807) is 4.68 Å². The second kappa shape index (κ2) is 10.2. The van der Waals surface area contributed by atoms with Crippen LogP contribution in [0.4, 0.5) is 0 Å². The molecule has 2 aliphatic heterocycles. The predicted molar refractivity (Wildman–Crippen MR) is 114 cm³/mol. The van der Waals surface area contributed by atoms with Gasteiger partial charge in [-0.2, -0.15) is 5.10 Å². The number of nitrogens with one attached hydrogen (secondary N) is 1. The maximum atomic E-state index is 12.5. The molecule has 1 saturated heterocycles. The molecule has 0 spiro atoms. The van der Waals surface area contributed by atoms with Crippen LogP contribution in [0, 0.1) is 0 Å². The van der Waals surface area contributed by atoms with Crippen LogP contribution >= 0.6 is 0 Å². The first-order chi connectivity index (χ1) is 14.7. The van der Waals surface area contributed by atoms with E-state index in [1.807, 2.05) is 7.05 Å². The third-order valence-corrected chi connectivity index (χ3v) is 5.96. The molecule has 2 aliphatic rings. The van der Waals surface area contributed by atoms with Crippen molar-refractivity contribution in [2.75, 3.05) is 32.8 Å². The molecule has 2 aromatic rings. The highest BCUT2D eigenvalue weighted by molar-refractivity contribution is 5.94. The maximum absolute atomic E-state index is 12.5. The molecule has 1 fully saturated rings. The van der Waals surface area contributed by atoms with E-state index in [0.29, 0.717) is 38.2 Å². The fourth-order valence-corrected chi connectivity index (χ4v) is 4.28. The van der Waals surface area contributed by atoms with Crippen LogP contribution in [0.15, 0.2) is 30.3 Å². The number of ether oxygens (including phenoxy) is 2. The van der Waals surface area contributed by atoms with Gasteiger partial charge in [-0.1, -0.05) is 30.3 Å². The number of rotatable bonds is 8. The molecule has 0 radical (unpaired) electrons. The van der Waals surface area contributed by atoms with Gasteiger partial charge in [-0.15, -0.1) is 0 Å². The summed E-state index contributed by atoms with van der Waals surface area (Å²) in [5.74, 6) is -0.119. The van der Waals surface area contributed by atoms with Crippen LogP contribution < -0.4 is 5.32 Å². The molecule has 0 saturated carbocycles. The first-order valence-corrected chi connectivity index (χ1v) is 11.0. The van der Waals surface area contributed by atoms with E-state index in [0.717, 1.165) is 56.6 Å². The van der Waals surface area contributed by atoms with Gasteiger partial charge in [-0.3, -0.25) is 14.4 Å². The summed E-state index contributed by atoms with van der Waals surface area (Å²) in [7, 11) is 1.89. The van der Waals surface area contributed by atoms with Gasteiger partial charge >= 0.3 is 0 Å². The molecule has 0 unspecified atom stereocenters. The maximum Gasteiger partial charge on any atom is 0.272 e. The Morgan fingerprint density at radius 2 is 2.07 bits per heavy atom. The molecule has 1 amide bonds. The van der Waals surface area contributed by atoms with Gasteiger partial charge in [0.05, 0.1) is 19.3 Å². The molecule has 1 aromatic carbocycles. The number of fused-ring (bicyclic) bond motifs is 1. The van der Waals surface area contributed by atoms with Crippen LogP contribution in [0.3, 0.4) is 0 Å². The Balaban J connectivity index is 1.12. The lowest BCUT2D eigenvalue weighted by molar-refractivity contribution is 0.00514. The molecular formula is C23H32N4O3. The van der Waals surface area contributed by atoms with Crippen LogP contribution in [-0.4, -0.2) is 59.5 Å². The summed E-state index contributed by atoms with van der Waals surface area (Å²) in [5, 5.41) is 7.37. The topological polar surface area (TPSA) is 68.6 Å². The number of carbonyl (C=O) groups is 1. The summed E-state index contributed by atoms with van der Waals surface area (Å²) >= 11 is 0. The van der Waals surface area contributed by atoms with Crippen LogP contribution in [0.1, 0.15) is 46.6 Å². The Labute approximate surface area is 178 Å². The number of aromatic nitrogens is 2. The lowest BCUT2D eigenvalue weighted by atomic mass is 10.1. The van der Waals surface area contributed by atoms with Crippen molar-refractivity contribution in [1.82, 2.24) is 20.0 Å². The van der Waals surface area contributed by atoms with E-state index in [4.69, 9.17) is 9.47 Å². The molecule has 30 heavy (non-hydrogen) atoms. The Bertz CT molecular complexity index is 828. The van der Waals surface area contributed by atoms with Crippen molar-refractivity contribution in [2.24, 2.45) is 7.05 Å². The normalized spacial score (nSPS) is 17.6. The molecule has 7 heteroatoms. The van der Waals surface area contributed by atoms with Crippen molar-refractivity contribution in [3.63, 3.8) is 0 Å². The monoisotopic (exact) mass is 412 g/mol. The summed E-state index contributed by atoms with van der Waals surface area (Å²) in [4.78, 5) is 15.0. The van der Waals surface area contributed by atoms with Crippen LogP contribution in [0.5, 0.6) is 0 Å². The highest BCUT2D eigenvalue weighted by Gasteiger charge is 2.24. The molecule has 0 bridgehead atoms. The number of carbonyl (C=O) groups excluding carboxylic acids is 1. The van der Waals surface area contributed by atoms with E-state index in [2.05, 4.69) is 45.6 Å². The Hall–Kier alpha value is -2.22. The molecule has 7 nitrogen and oxygen atoms in total. The third-order valence-electron chi connectivity index (χ3n) is 5.96. The molecule has 3 heterocycles. The van der Waals surface area contributed by atoms with Gasteiger partial charge in [0.1, 0.15) is 0 Å². The summed E-state index contributed by atoms with van der Waals surface area (Å²) < 4.78 is 13.3. The molecular weight excluding hydrogens is 380 g/mol. The number of amides is 1. The summed E-state index contributed by atoms with van der Waals surface area (Å²) in [6, 6.07) is 10.6. The molecule has 0 aliphatic carbocycles. The van der Waals surface area contributed by atoms with Gasteiger partial charge in [-0.05, 0) is 24.8 Å². The number of piperidine rings is 1. The zero-order valence-electron chi connectivity index (χ0n) is 17.8. The minimum atomic E-state index is -0.119. The van der Waals surface area contributed by atoms with Crippen molar-refractivity contribution in [3.05, 3.63) is 52.8 Å². The molecule has 0 atom stereocenters. The van der Waals surface area contributed by atoms with Gasteiger partial charge in [-0.25, -0.2) is 0 Å². The average Bonchev–Trinajstić information content (AvgIpc) is 3.12. The first kappa shape index (κ1) is 21.0. The van der Waals surface area contributed by atoms with Crippen molar-refractivity contribution >= 4 is 5.91 Å². The highest BCUT2D eigenvalue weighted by atomic mass is 16.5. The number of hydrogen-bond donors (Lipinski definition) is 1. The van der Waals surface area contributed by atoms with E-state index in [1.165, 1.54) is 5.56 Å². The standard InChI is InChI=1S/C23H32N4O3/c1-26-21-10-15-29-17-20(21)22(25-26)23(28)24-11-5-14-30-19-8-12-27(13-9-19)16-18-6-3-2-4-7-18/h2-4,6-7,19H,5,8-17H2,1H3,(H,24,28). The average molecular weight is 413 g/mol. The van der Waals surface area contributed by atoms with E-state index in [-0.39, 0.29) is 5.91 Å². The lowest BCUT2D eigenvalue weighted by Gasteiger charge is -2.32. The van der Waals surface area contributed by atoms with Gasteiger partial charge in [0.25, 0.3) is 5.91 Å². The van der Waals surface area contributed by atoms with Crippen molar-refractivity contribution in [3.8, 4) is 0 Å². The van der Waals surface area contributed by atoms with Crippen molar-refractivity contribution < 1.29 is 14.3 Å². The zero-order valence-corrected chi connectivity index (χ0v) is 17.8. The van der Waals surface area contributed by atoms with Crippen molar-refractivity contribution in [2.45, 2.75) is 44.9 Å². The van der Waals surface area contributed by atoms with Crippen LogP contribution in [-0.2, 0) is 36.1 Å². The first-order valence-electron chi connectivity index (χ1n) is 11.0. The molecule has 4 rings (SSSR count). The second-order valence-corrected chi connectivity index (χ2v) is 8.14. The van der Waals surface area contributed by atoms with Crippen molar-refractivity contribution in [1.29, 1.82) is 0 Å². The number of aryl methyl sites for hydroxylation is 1. The number of nitrogens with zero attached hydrogens (tertiary/aromatic N) is 3. The highest BCUT2D eigenvalue weighted by Crippen LogP contribution is 2.20. The smallest absolute Gasteiger partial charge is 0.272 e. The minimum absolute atomic E-state index is 0.119. The number of likely N-dealkylation sites (tertiary alicyclic amines) is 1. The third kappa shape index (κ3) is 5.28. The fraction of sp³-hybridized carbons (Fsp3) is 0.565. The molecule has 162 valence electrons. The number of hydrogen-bond acceptors (Lipinski definition) is 5.